The summed E-state index contributed by atoms with van der Waals surface area (Å²) in [4.78, 5) is 35.1. The largest absolute Gasteiger partial charge is 0.472 e. The van der Waals surface area contributed by atoms with Crippen molar-refractivity contribution in [1.82, 2.24) is 0 Å². The maximum absolute atomic E-state index is 12.7. The normalized spacial score (nSPS) is 13.0. The third kappa shape index (κ3) is 55.9. The minimum absolute atomic E-state index is 0.0552. The molecule has 0 aliphatic carbocycles. The number of hydrogen-bond donors (Lipinski definition) is 2. The van der Waals surface area contributed by atoms with E-state index in [4.69, 9.17) is 24.3 Å². The van der Waals surface area contributed by atoms with E-state index in [9.17, 15) is 19.0 Å². The molecule has 0 aromatic carbocycles. The molecule has 2 atom stereocenters. The highest BCUT2D eigenvalue weighted by atomic mass is 31.2. The van der Waals surface area contributed by atoms with E-state index >= 15 is 0 Å². The van der Waals surface area contributed by atoms with Crippen LogP contribution in [0.5, 0.6) is 0 Å². The van der Waals surface area contributed by atoms with Gasteiger partial charge in [-0.05, 0) is 38.5 Å². The number of hydrogen-bond acceptors (Lipinski definition) is 8. The molecule has 0 aromatic heterocycles. The van der Waals surface area contributed by atoms with Gasteiger partial charge in [0.15, 0.2) is 6.10 Å². The fourth-order valence-corrected chi connectivity index (χ4v) is 9.93. The van der Waals surface area contributed by atoms with Gasteiger partial charge in [-0.3, -0.25) is 18.6 Å². The van der Waals surface area contributed by atoms with Crippen molar-refractivity contribution in [3.8, 4) is 0 Å². The van der Waals surface area contributed by atoms with Crippen LogP contribution in [0, 0.1) is 0 Å². The number of esters is 2. The Balaban J connectivity index is 3.81. The van der Waals surface area contributed by atoms with Crippen LogP contribution in [0.25, 0.3) is 0 Å². The lowest BCUT2D eigenvalue weighted by Gasteiger charge is -2.19. The Morgan fingerprint density at radius 1 is 0.420 bits per heavy atom. The predicted molar refractivity (Wildman–Crippen MR) is 294 cm³/mol. The lowest BCUT2D eigenvalue weighted by atomic mass is 10.0. The monoisotopic (exact) mass is 998 g/mol. The summed E-state index contributed by atoms with van der Waals surface area (Å²) in [5, 5.41) is 0. The number of unbranched alkanes of at least 4 members (excludes halogenated alkanes) is 43. The van der Waals surface area contributed by atoms with Crippen molar-refractivity contribution < 1.29 is 37.6 Å². The van der Waals surface area contributed by atoms with Gasteiger partial charge in [0.2, 0.25) is 0 Å². The maximum Gasteiger partial charge on any atom is 0.472 e. The zero-order valence-corrected chi connectivity index (χ0v) is 46.7. The van der Waals surface area contributed by atoms with Gasteiger partial charge < -0.3 is 20.1 Å². The fourth-order valence-electron chi connectivity index (χ4n) is 9.16. The van der Waals surface area contributed by atoms with E-state index in [1.165, 1.54) is 238 Å². The zero-order valence-electron chi connectivity index (χ0n) is 45.8. The van der Waals surface area contributed by atoms with Crippen LogP contribution in [0.4, 0.5) is 0 Å². The summed E-state index contributed by atoms with van der Waals surface area (Å²) in [6.45, 7) is 3.79. The molecule has 9 nitrogen and oxygen atoms in total. The van der Waals surface area contributed by atoms with E-state index in [0.717, 1.165) is 51.4 Å². The van der Waals surface area contributed by atoms with E-state index in [2.05, 4.69) is 26.0 Å². The summed E-state index contributed by atoms with van der Waals surface area (Å²) < 4.78 is 33.0. The highest BCUT2D eigenvalue weighted by Gasteiger charge is 2.26. The van der Waals surface area contributed by atoms with E-state index in [1.807, 2.05) is 0 Å². The number of rotatable bonds is 58. The summed E-state index contributed by atoms with van der Waals surface area (Å²) in [6, 6.07) is 0. The zero-order chi connectivity index (χ0) is 50.2. The van der Waals surface area contributed by atoms with Crippen molar-refractivity contribution >= 4 is 19.8 Å². The molecule has 2 unspecified atom stereocenters. The smallest absolute Gasteiger partial charge is 0.462 e. The van der Waals surface area contributed by atoms with Gasteiger partial charge in [-0.25, -0.2) is 4.57 Å². The molecule has 0 aliphatic heterocycles. The molecule has 0 bridgehead atoms. The minimum Gasteiger partial charge on any atom is -0.462 e. The second-order valence-corrected chi connectivity index (χ2v) is 22.0. The molecule has 0 saturated carbocycles. The highest BCUT2D eigenvalue weighted by molar-refractivity contribution is 7.47. The van der Waals surface area contributed by atoms with Gasteiger partial charge in [-0.2, -0.15) is 0 Å². The molecule has 0 amide bonds. The van der Waals surface area contributed by atoms with E-state index < -0.39 is 26.5 Å². The first-order chi connectivity index (χ1) is 33.8. The first-order valence-corrected chi connectivity index (χ1v) is 31.7. The third-order valence-electron chi connectivity index (χ3n) is 13.7. The molecule has 10 heteroatoms. The fraction of sp³-hybridized carbons (Fsp3) is 0.932. The molecule has 0 spiro atoms. The Hall–Kier alpha value is -1.25. The second kappa shape index (κ2) is 56.1. The first kappa shape index (κ1) is 67.8. The van der Waals surface area contributed by atoms with Crippen molar-refractivity contribution in [1.29, 1.82) is 0 Å². The molecule has 0 saturated heterocycles. The Morgan fingerprint density at radius 3 is 1.03 bits per heavy atom. The number of carbonyl (C=O) groups is 2. The van der Waals surface area contributed by atoms with Crippen LogP contribution in [0.3, 0.4) is 0 Å². The average Bonchev–Trinajstić information content (AvgIpc) is 3.34. The van der Waals surface area contributed by atoms with Crippen LogP contribution in [0.1, 0.15) is 322 Å². The van der Waals surface area contributed by atoms with Gasteiger partial charge in [0.05, 0.1) is 13.2 Å². The summed E-state index contributed by atoms with van der Waals surface area (Å²) in [5.74, 6) is -0.819. The molecule has 0 heterocycles. The predicted octanol–water partition coefficient (Wildman–Crippen LogP) is 18.9. The van der Waals surface area contributed by atoms with Crippen LogP contribution >= 0.6 is 7.82 Å². The van der Waals surface area contributed by atoms with Gasteiger partial charge >= 0.3 is 19.8 Å². The molecular formula is C59H116NO8P. The van der Waals surface area contributed by atoms with E-state index in [0.29, 0.717) is 6.42 Å². The second-order valence-electron chi connectivity index (χ2n) is 20.6. The van der Waals surface area contributed by atoms with Crippen molar-refractivity contribution in [2.45, 2.75) is 328 Å². The van der Waals surface area contributed by atoms with E-state index in [1.54, 1.807) is 0 Å². The average molecular weight is 999 g/mol. The molecule has 0 aromatic rings. The summed E-state index contributed by atoms with van der Waals surface area (Å²) in [7, 11) is -4.38. The van der Waals surface area contributed by atoms with Crippen molar-refractivity contribution in [3.05, 3.63) is 12.2 Å². The van der Waals surface area contributed by atoms with Crippen LogP contribution in [0.15, 0.2) is 12.2 Å². The maximum atomic E-state index is 12.7. The Bertz CT molecular complexity index is 1140. The third-order valence-corrected chi connectivity index (χ3v) is 14.6. The van der Waals surface area contributed by atoms with Crippen LogP contribution in [-0.2, 0) is 32.7 Å². The number of phosphoric ester groups is 1. The first-order valence-electron chi connectivity index (χ1n) is 30.2. The summed E-state index contributed by atoms with van der Waals surface area (Å²) in [5.41, 5.74) is 5.38. The highest BCUT2D eigenvalue weighted by Crippen LogP contribution is 2.43. The van der Waals surface area contributed by atoms with Crippen molar-refractivity contribution in [3.63, 3.8) is 0 Å². The molecule has 0 fully saturated rings. The number of allylic oxidation sites excluding steroid dienone is 2. The van der Waals surface area contributed by atoms with E-state index in [-0.39, 0.29) is 38.6 Å². The minimum atomic E-state index is -4.38. The lowest BCUT2D eigenvalue weighted by molar-refractivity contribution is -0.161. The number of ether oxygens (including phenoxy) is 2. The molecule has 0 rings (SSSR count). The van der Waals surface area contributed by atoms with Gasteiger partial charge in [0.25, 0.3) is 0 Å². The molecular weight excluding hydrogens is 882 g/mol. The lowest BCUT2D eigenvalue weighted by Crippen LogP contribution is -2.29. The standard InChI is InChI=1S/C59H116NO8P/c1-3-5-7-9-11-13-15-17-19-21-22-23-24-25-26-27-28-29-30-31-32-33-34-35-36-38-39-41-43-45-47-49-51-58(61)65-55-57(56-67-69(63,64)66-54-53-60)68-59(62)52-50-48-46-44-42-40-37-20-18-16-14-12-10-8-6-4-2/h20,37,57H,3-19,21-36,38-56,60H2,1-2H3,(H,63,64)/b37-20-. The number of phosphoric acid groups is 1. The Labute approximate surface area is 428 Å². The van der Waals surface area contributed by atoms with Gasteiger partial charge in [0.1, 0.15) is 6.61 Å². The molecule has 69 heavy (non-hydrogen) atoms. The summed E-state index contributed by atoms with van der Waals surface area (Å²) in [6.07, 6.45) is 64.4. The Kier molecular flexibility index (Phi) is 55.0. The molecule has 0 aliphatic rings. The van der Waals surface area contributed by atoms with Crippen molar-refractivity contribution in [2.24, 2.45) is 5.73 Å². The van der Waals surface area contributed by atoms with Gasteiger partial charge in [-0.1, -0.05) is 283 Å². The molecule has 3 N–H and O–H groups in total. The molecule has 0 radical (unpaired) electrons. The number of carbonyl (C=O) groups excluding carboxylic acids is 2. The number of nitrogens with two attached hydrogens (primary N) is 1. The topological polar surface area (TPSA) is 134 Å². The van der Waals surface area contributed by atoms with Crippen LogP contribution in [0.2, 0.25) is 0 Å². The van der Waals surface area contributed by atoms with Crippen molar-refractivity contribution in [2.75, 3.05) is 26.4 Å². The SMILES string of the molecule is CCCCCCCCC/C=C\CCCCCCCC(=O)OC(COC(=O)CCCCCCCCCCCCCCCCCCCCCCCCCCCCCCCCCC)COP(=O)(O)OCCN. The molecule has 410 valence electrons. The van der Waals surface area contributed by atoms with Gasteiger partial charge in [-0.15, -0.1) is 0 Å². The Morgan fingerprint density at radius 2 is 0.710 bits per heavy atom. The van der Waals surface area contributed by atoms with Crippen LogP contribution in [-0.4, -0.2) is 49.3 Å². The quantitative estimate of drug-likeness (QED) is 0.0264. The van der Waals surface area contributed by atoms with Crippen LogP contribution < -0.4 is 5.73 Å². The van der Waals surface area contributed by atoms with Gasteiger partial charge in [0, 0.05) is 19.4 Å². The summed E-state index contributed by atoms with van der Waals surface area (Å²) >= 11 is 0.